The van der Waals surface area contributed by atoms with Gasteiger partial charge in [0.1, 0.15) is 14.0 Å². The molecule has 0 unspecified atom stereocenters. The van der Waals surface area contributed by atoms with Gasteiger partial charge in [0.2, 0.25) is 0 Å². The van der Waals surface area contributed by atoms with E-state index in [4.69, 9.17) is 23.2 Å². The lowest BCUT2D eigenvalue weighted by molar-refractivity contribution is 0.867. The first-order valence-corrected chi connectivity index (χ1v) is 8.07. The summed E-state index contributed by atoms with van der Waals surface area (Å²) in [6, 6.07) is 8.19. The van der Waals surface area contributed by atoms with Crippen LogP contribution in [0.5, 0.6) is 0 Å². The van der Waals surface area contributed by atoms with Crippen LogP contribution in [-0.2, 0) is 0 Å². The lowest BCUT2D eigenvalue weighted by Crippen LogP contribution is -1.92. The van der Waals surface area contributed by atoms with Gasteiger partial charge in [-0.3, -0.25) is 0 Å². The minimum atomic E-state index is 0.533. The molecule has 1 aromatic carbocycles. The highest BCUT2D eigenvalue weighted by Gasteiger charge is 2.04. The zero-order valence-electron chi connectivity index (χ0n) is 9.41. The number of hydrogen-bond donors (Lipinski definition) is 0. The molecule has 0 bridgehead atoms. The Balaban J connectivity index is 2.36. The first kappa shape index (κ1) is 13.1. The number of nitrogens with zero attached hydrogens (tertiary/aromatic N) is 1. The fraction of sp³-hybridized carbons (Fsp3) is 0.250. The monoisotopic (exact) mass is 303 g/mol. The van der Waals surface area contributed by atoms with Gasteiger partial charge in [-0.05, 0) is 23.6 Å². The van der Waals surface area contributed by atoms with E-state index >= 15 is 0 Å². The van der Waals surface area contributed by atoms with Crippen molar-refractivity contribution in [3.8, 4) is 0 Å². The SMILES string of the molecule is CC(C)c1ccc(N=c2ssc(Cl)c2Cl)cc1. The largest absolute Gasteiger partial charge is 0.236 e. The molecule has 1 nitrogen and oxygen atoms in total. The summed E-state index contributed by atoms with van der Waals surface area (Å²) < 4.78 is 1.38. The smallest absolute Gasteiger partial charge is 0.147 e. The van der Waals surface area contributed by atoms with Gasteiger partial charge >= 0.3 is 0 Å². The number of rotatable bonds is 2. The molecule has 90 valence electrons. The molecule has 0 N–H and O–H groups in total. The average Bonchev–Trinajstić information content (AvgIpc) is 2.62. The maximum atomic E-state index is 6.04. The van der Waals surface area contributed by atoms with Gasteiger partial charge in [-0.1, -0.05) is 69.9 Å². The van der Waals surface area contributed by atoms with E-state index in [-0.39, 0.29) is 0 Å². The second-order valence-electron chi connectivity index (χ2n) is 3.92. The molecule has 0 saturated carbocycles. The first-order valence-electron chi connectivity index (χ1n) is 5.16. The zero-order valence-corrected chi connectivity index (χ0v) is 12.6. The summed E-state index contributed by atoms with van der Waals surface area (Å²) in [7, 11) is 2.93. The summed E-state index contributed by atoms with van der Waals surface area (Å²) in [5.41, 5.74) is 2.21. The minimum Gasteiger partial charge on any atom is -0.236 e. The molecule has 0 spiro atoms. The highest BCUT2D eigenvalue weighted by atomic mass is 35.5. The summed E-state index contributed by atoms with van der Waals surface area (Å²) >= 11 is 11.9. The van der Waals surface area contributed by atoms with E-state index in [1.165, 1.54) is 26.2 Å². The lowest BCUT2D eigenvalue weighted by atomic mass is 10.0. The molecule has 0 aliphatic rings. The standard InChI is InChI=1S/C12H11Cl2NS2/c1-7(2)8-3-5-9(6-4-8)15-12-10(13)11(14)16-17-12/h3-7H,1-2H3. The third kappa shape index (κ3) is 3.10. The molecule has 1 heterocycles. The number of halogens is 2. The Bertz CT molecular complexity index is 567. The van der Waals surface area contributed by atoms with E-state index in [2.05, 4.69) is 31.0 Å². The molecule has 17 heavy (non-hydrogen) atoms. The van der Waals surface area contributed by atoms with Gasteiger partial charge in [0, 0.05) is 0 Å². The highest BCUT2D eigenvalue weighted by Crippen LogP contribution is 2.27. The van der Waals surface area contributed by atoms with E-state index in [1.807, 2.05) is 12.1 Å². The van der Waals surface area contributed by atoms with Gasteiger partial charge in [-0.2, -0.15) is 0 Å². The normalized spacial score (nSPS) is 12.4. The fourth-order valence-corrected chi connectivity index (χ4v) is 4.10. The van der Waals surface area contributed by atoms with Crippen LogP contribution in [0.25, 0.3) is 0 Å². The van der Waals surface area contributed by atoms with Crippen molar-refractivity contribution in [2.75, 3.05) is 0 Å². The van der Waals surface area contributed by atoms with Gasteiger partial charge < -0.3 is 0 Å². The summed E-state index contributed by atoms with van der Waals surface area (Å²) in [6.07, 6.45) is 0. The number of hydrogen-bond acceptors (Lipinski definition) is 3. The maximum absolute atomic E-state index is 6.04. The molecular weight excluding hydrogens is 293 g/mol. The van der Waals surface area contributed by atoms with Crippen molar-refractivity contribution in [2.45, 2.75) is 19.8 Å². The maximum Gasteiger partial charge on any atom is 0.147 e. The molecule has 0 aliphatic carbocycles. The molecule has 0 aliphatic heterocycles. The molecule has 0 radical (unpaired) electrons. The van der Waals surface area contributed by atoms with Crippen LogP contribution in [0.1, 0.15) is 25.3 Å². The van der Waals surface area contributed by atoms with Crippen molar-refractivity contribution in [1.82, 2.24) is 0 Å². The molecule has 2 rings (SSSR count). The second kappa shape index (κ2) is 5.53. The van der Waals surface area contributed by atoms with E-state index < -0.39 is 0 Å². The van der Waals surface area contributed by atoms with Crippen molar-refractivity contribution in [2.24, 2.45) is 4.99 Å². The Morgan fingerprint density at radius 1 is 1.06 bits per heavy atom. The predicted molar refractivity (Wildman–Crippen MR) is 78.0 cm³/mol. The van der Waals surface area contributed by atoms with E-state index in [9.17, 15) is 0 Å². The van der Waals surface area contributed by atoms with Crippen LogP contribution in [0.15, 0.2) is 29.3 Å². The van der Waals surface area contributed by atoms with Gasteiger partial charge in [0.25, 0.3) is 0 Å². The minimum absolute atomic E-state index is 0.533. The molecule has 0 atom stereocenters. The Hall–Kier alpha value is -0.350. The van der Waals surface area contributed by atoms with E-state index in [0.29, 0.717) is 15.3 Å². The van der Waals surface area contributed by atoms with Crippen molar-refractivity contribution < 1.29 is 0 Å². The predicted octanol–water partition coefficient (Wildman–Crippen LogP) is 5.47. The molecule has 0 saturated heterocycles. The van der Waals surface area contributed by atoms with Crippen LogP contribution >= 0.6 is 43.9 Å². The third-order valence-corrected chi connectivity index (χ3v) is 5.84. The van der Waals surface area contributed by atoms with Crippen molar-refractivity contribution >= 4 is 49.6 Å². The van der Waals surface area contributed by atoms with E-state index in [1.54, 1.807) is 0 Å². The molecule has 0 amide bonds. The Labute approximate surface area is 118 Å². The summed E-state index contributed by atoms with van der Waals surface area (Å²) in [6.45, 7) is 4.34. The quantitative estimate of drug-likeness (QED) is 0.652. The molecule has 1 aromatic heterocycles. The summed E-state index contributed by atoms with van der Waals surface area (Å²) in [5, 5.41) is 0.551. The Kier molecular flexibility index (Phi) is 4.26. The Morgan fingerprint density at radius 3 is 2.18 bits per heavy atom. The van der Waals surface area contributed by atoms with E-state index in [0.717, 1.165) is 10.4 Å². The van der Waals surface area contributed by atoms with Gasteiger partial charge in [0.15, 0.2) is 0 Å². The van der Waals surface area contributed by atoms with Crippen LogP contribution in [0, 0.1) is 0 Å². The summed E-state index contributed by atoms with van der Waals surface area (Å²) in [5.74, 6) is 0.533. The zero-order chi connectivity index (χ0) is 12.4. The van der Waals surface area contributed by atoms with Crippen molar-refractivity contribution in [1.29, 1.82) is 0 Å². The summed E-state index contributed by atoms with van der Waals surface area (Å²) in [4.78, 5) is 4.47. The lowest BCUT2D eigenvalue weighted by Gasteiger charge is -2.04. The van der Waals surface area contributed by atoms with Gasteiger partial charge in [-0.25, -0.2) is 4.99 Å². The van der Waals surface area contributed by atoms with Crippen LogP contribution in [0.4, 0.5) is 5.69 Å². The van der Waals surface area contributed by atoms with Crippen LogP contribution in [0.3, 0.4) is 0 Å². The first-order chi connectivity index (χ1) is 8.08. The van der Waals surface area contributed by atoms with Gasteiger partial charge in [0.05, 0.1) is 5.69 Å². The third-order valence-electron chi connectivity index (χ3n) is 2.34. The van der Waals surface area contributed by atoms with Gasteiger partial charge in [-0.15, -0.1) is 0 Å². The average molecular weight is 304 g/mol. The van der Waals surface area contributed by atoms with Crippen molar-refractivity contribution in [3.63, 3.8) is 0 Å². The number of benzene rings is 1. The van der Waals surface area contributed by atoms with Crippen molar-refractivity contribution in [3.05, 3.63) is 43.9 Å². The molecule has 2 aromatic rings. The second-order valence-corrected chi connectivity index (χ2v) is 7.03. The molecule has 5 heteroatoms. The van der Waals surface area contributed by atoms with Crippen LogP contribution < -0.4 is 4.67 Å². The van der Waals surface area contributed by atoms with Crippen LogP contribution in [0.2, 0.25) is 9.36 Å². The Morgan fingerprint density at radius 2 is 1.71 bits per heavy atom. The fourth-order valence-electron chi connectivity index (χ4n) is 1.35. The highest BCUT2D eigenvalue weighted by molar-refractivity contribution is 7.69. The van der Waals surface area contributed by atoms with Crippen LogP contribution in [-0.4, -0.2) is 0 Å². The molecular formula is C12H11Cl2NS2. The topological polar surface area (TPSA) is 12.4 Å². The molecule has 0 fully saturated rings.